The van der Waals surface area contributed by atoms with Gasteiger partial charge in [-0.2, -0.15) is 0 Å². The number of nitrogens with zero attached hydrogens (tertiary/aromatic N) is 3. The highest BCUT2D eigenvalue weighted by atomic mass is 16.5. The van der Waals surface area contributed by atoms with Gasteiger partial charge in [-0.3, -0.25) is 0 Å². The number of carbonyl (C=O) groups excluding carboxylic acids is 1. The predicted molar refractivity (Wildman–Crippen MR) is 105 cm³/mol. The van der Waals surface area contributed by atoms with Crippen molar-refractivity contribution in [3.05, 3.63) is 23.3 Å². The van der Waals surface area contributed by atoms with Crippen molar-refractivity contribution in [1.82, 2.24) is 20.2 Å². The van der Waals surface area contributed by atoms with Crippen LogP contribution in [0.4, 0.5) is 4.79 Å². The number of methoxy groups -OCH3 is 1. The summed E-state index contributed by atoms with van der Waals surface area (Å²) in [6.07, 6.45) is 4.86. The van der Waals surface area contributed by atoms with Crippen molar-refractivity contribution >= 4 is 6.03 Å². The maximum atomic E-state index is 12.5. The monoisotopic (exact) mass is 378 g/mol. The summed E-state index contributed by atoms with van der Waals surface area (Å²) in [6, 6.07) is 0.0315. The number of rotatable bonds is 9. The first-order valence-electron chi connectivity index (χ1n) is 9.93. The number of nitrogens with one attached hydrogen (secondary N) is 1. The zero-order valence-corrected chi connectivity index (χ0v) is 17.2. The van der Waals surface area contributed by atoms with Crippen LogP contribution in [0.5, 0.6) is 0 Å². The quantitative estimate of drug-likeness (QED) is 0.669. The van der Waals surface area contributed by atoms with Gasteiger partial charge in [-0.25, -0.2) is 14.8 Å². The Balaban J connectivity index is 1.99. The van der Waals surface area contributed by atoms with Crippen LogP contribution in [-0.2, 0) is 16.1 Å². The summed E-state index contributed by atoms with van der Waals surface area (Å²) in [4.78, 5) is 23.4. The number of hydrogen-bond donors (Lipinski definition) is 1. The first-order chi connectivity index (χ1) is 13.0. The Morgan fingerprint density at radius 2 is 2.22 bits per heavy atom. The van der Waals surface area contributed by atoms with Gasteiger partial charge < -0.3 is 19.7 Å². The highest BCUT2D eigenvalue weighted by Crippen LogP contribution is 2.28. The normalized spacial score (nSPS) is 17.4. The predicted octanol–water partition coefficient (Wildman–Crippen LogP) is 2.88. The highest BCUT2D eigenvalue weighted by Gasteiger charge is 2.27. The second kappa shape index (κ2) is 11.2. The lowest BCUT2D eigenvalue weighted by Gasteiger charge is -2.33. The van der Waals surface area contributed by atoms with Gasteiger partial charge in [-0.1, -0.05) is 13.8 Å². The van der Waals surface area contributed by atoms with Crippen molar-refractivity contribution in [2.24, 2.45) is 5.92 Å². The fourth-order valence-electron chi connectivity index (χ4n) is 3.27. The molecule has 1 N–H and O–H groups in total. The van der Waals surface area contributed by atoms with Crippen molar-refractivity contribution in [3.8, 4) is 0 Å². The summed E-state index contributed by atoms with van der Waals surface area (Å²) in [5.41, 5.74) is 2.02. The van der Waals surface area contributed by atoms with Gasteiger partial charge in [-0.05, 0) is 32.1 Å². The molecule has 27 heavy (non-hydrogen) atoms. The topological polar surface area (TPSA) is 76.6 Å². The van der Waals surface area contributed by atoms with Gasteiger partial charge in [0.15, 0.2) is 0 Å². The first kappa shape index (κ1) is 21.6. The summed E-state index contributed by atoms with van der Waals surface area (Å²) in [7, 11) is 1.66. The molecular weight excluding hydrogens is 344 g/mol. The third-order valence-corrected chi connectivity index (χ3v) is 4.80. The zero-order chi connectivity index (χ0) is 19.6. The van der Waals surface area contributed by atoms with E-state index in [0.29, 0.717) is 32.3 Å². The third kappa shape index (κ3) is 7.07. The lowest BCUT2D eigenvalue weighted by atomic mass is 9.92. The molecule has 1 aromatic heterocycles. The smallest absolute Gasteiger partial charge is 0.317 e. The first-order valence-corrected chi connectivity index (χ1v) is 9.93. The number of piperidine rings is 1. The summed E-state index contributed by atoms with van der Waals surface area (Å²) in [6.45, 7) is 10.0. The van der Waals surface area contributed by atoms with Crippen molar-refractivity contribution in [1.29, 1.82) is 0 Å². The van der Waals surface area contributed by atoms with Crippen LogP contribution < -0.4 is 5.32 Å². The van der Waals surface area contributed by atoms with E-state index in [1.165, 1.54) is 0 Å². The van der Waals surface area contributed by atoms with Crippen LogP contribution in [0.1, 0.15) is 56.1 Å². The van der Waals surface area contributed by atoms with Crippen LogP contribution in [-0.4, -0.2) is 60.9 Å². The fraction of sp³-hybridized carbons (Fsp3) is 0.750. The fourth-order valence-corrected chi connectivity index (χ4v) is 3.27. The molecule has 7 heteroatoms. The summed E-state index contributed by atoms with van der Waals surface area (Å²) >= 11 is 0. The molecule has 152 valence electrons. The average molecular weight is 379 g/mol. The number of hydrogen-bond acceptors (Lipinski definition) is 5. The maximum absolute atomic E-state index is 12.5. The van der Waals surface area contributed by atoms with Crippen molar-refractivity contribution in [2.75, 3.05) is 40.0 Å². The van der Waals surface area contributed by atoms with E-state index in [0.717, 1.165) is 49.4 Å². The average Bonchev–Trinajstić information content (AvgIpc) is 2.66. The van der Waals surface area contributed by atoms with Crippen molar-refractivity contribution in [2.45, 2.75) is 52.6 Å². The van der Waals surface area contributed by atoms with Crippen molar-refractivity contribution in [3.63, 3.8) is 0 Å². The lowest BCUT2D eigenvalue weighted by molar-refractivity contribution is 0.0607. The number of ether oxygens (including phenoxy) is 2. The largest absolute Gasteiger partial charge is 0.382 e. The minimum atomic E-state index is 0.0315. The van der Waals surface area contributed by atoms with Gasteiger partial charge in [0.05, 0.1) is 25.5 Å². The molecule has 0 aliphatic carbocycles. The standard InChI is InChI=1S/C20H34N4O3/c1-15(2)7-8-21-20(25)24-9-5-6-17(13-24)19-18(12-22-16(3)23-19)14-27-11-10-26-4/h12,15,17H,5-11,13-14H2,1-4H3,(H,21,25). The maximum Gasteiger partial charge on any atom is 0.317 e. The number of aryl methyl sites for hydroxylation is 1. The van der Waals surface area contributed by atoms with Gasteiger partial charge in [0.25, 0.3) is 0 Å². The van der Waals surface area contributed by atoms with E-state index in [9.17, 15) is 4.79 Å². The van der Waals surface area contributed by atoms with Crippen LogP contribution in [0, 0.1) is 12.8 Å². The van der Waals surface area contributed by atoms with E-state index in [1.54, 1.807) is 7.11 Å². The molecular formula is C20H34N4O3. The number of urea groups is 1. The van der Waals surface area contributed by atoms with Crippen LogP contribution in [0.2, 0.25) is 0 Å². The number of carbonyl (C=O) groups is 1. The molecule has 0 spiro atoms. The second-order valence-corrected chi connectivity index (χ2v) is 7.57. The Kier molecular flexibility index (Phi) is 8.94. The van der Waals surface area contributed by atoms with Gasteiger partial charge in [0.1, 0.15) is 5.82 Å². The molecule has 7 nitrogen and oxygen atoms in total. The van der Waals surface area contributed by atoms with Gasteiger partial charge >= 0.3 is 6.03 Å². The molecule has 2 heterocycles. The number of amides is 2. The molecule has 0 bridgehead atoms. The van der Waals surface area contributed by atoms with Crippen LogP contribution in [0.25, 0.3) is 0 Å². The molecule has 1 unspecified atom stereocenters. The molecule has 2 amide bonds. The van der Waals surface area contributed by atoms with Gasteiger partial charge in [-0.15, -0.1) is 0 Å². The summed E-state index contributed by atoms with van der Waals surface area (Å²) < 4.78 is 10.7. The summed E-state index contributed by atoms with van der Waals surface area (Å²) in [5, 5.41) is 3.05. The second-order valence-electron chi connectivity index (χ2n) is 7.57. The molecule has 0 radical (unpaired) electrons. The molecule has 1 aromatic rings. The third-order valence-electron chi connectivity index (χ3n) is 4.80. The molecule has 1 saturated heterocycles. The van der Waals surface area contributed by atoms with Crippen molar-refractivity contribution < 1.29 is 14.3 Å². The van der Waals surface area contributed by atoms with E-state index in [1.807, 2.05) is 18.0 Å². The lowest BCUT2D eigenvalue weighted by Crippen LogP contribution is -2.45. The van der Waals surface area contributed by atoms with E-state index >= 15 is 0 Å². The Morgan fingerprint density at radius 3 is 2.96 bits per heavy atom. The minimum absolute atomic E-state index is 0.0315. The van der Waals surface area contributed by atoms with Crippen LogP contribution in [0.15, 0.2) is 6.20 Å². The van der Waals surface area contributed by atoms with E-state index in [4.69, 9.17) is 14.5 Å². The van der Waals surface area contributed by atoms with Crippen LogP contribution in [0.3, 0.4) is 0 Å². The minimum Gasteiger partial charge on any atom is -0.382 e. The Labute approximate surface area is 162 Å². The van der Waals surface area contributed by atoms with Gasteiger partial charge in [0.2, 0.25) is 0 Å². The van der Waals surface area contributed by atoms with E-state index < -0.39 is 0 Å². The molecule has 0 saturated carbocycles. The zero-order valence-electron chi connectivity index (χ0n) is 17.2. The Morgan fingerprint density at radius 1 is 1.41 bits per heavy atom. The molecule has 1 aliphatic rings. The molecule has 0 aromatic carbocycles. The Bertz CT molecular complexity index is 595. The summed E-state index contributed by atoms with van der Waals surface area (Å²) in [5.74, 6) is 1.56. The molecule has 1 fully saturated rings. The SMILES string of the molecule is COCCOCc1cnc(C)nc1C1CCCN(C(=O)NCCC(C)C)C1. The number of likely N-dealkylation sites (tertiary alicyclic amines) is 1. The van der Waals surface area contributed by atoms with Gasteiger partial charge in [0, 0.05) is 44.4 Å². The molecule has 1 atom stereocenters. The Hall–Kier alpha value is -1.73. The van der Waals surface area contributed by atoms with Crippen LogP contribution >= 0.6 is 0 Å². The molecule has 2 rings (SSSR count). The number of aromatic nitrogens is 2. The highest BCUT2D eigenvalue weighted by molar-refractivity contribution is 5.74. The molecule has 1 aliphatic heterocycles. The van der Waals surface area contributed by atoms with E-state index in [2.05, 4.69) is 24.1 Å². The van der Waals surface area contributed by atoms with E-state index in [-0.39, 0.29) is 11.9 Å².